The van der Waals surface area contributed by atoms with E-state index in [1.165, 1.54) is 12.1 Å². The van der Waals surface area contributed by atoms with Crippen molar-refractivity contribution in [2.45, 2.75) is 11.8 Å². The molecule has 0 aliphatic rings. The number of anilines is 2. The lowest BCUT2D eigenvalue weighted by atomic mass is 10.2. The molecule has 122 valence electrons. The van der Waals surface area contributed by atoms with E-state index in [0.29, 0.717) is 16.4 Å². The number of aryl methyl sites for hydroxylation is 1. The van der Waals surface area contributed by atoms with Gasteiger partial charge in [-0.3, -0.25) is 4.79 Å². The molecule has 0 aromatic heterocycles. The molecule has 0 heterocycles. The summed E-state index contributed by atoms with van der Waals surface area (Å²) < 4.78 is 23.0. The highest BCUT2D eigenvalue weighted by Crippen LogP contribution is 2.22. The Kier molecular flexibility index (Phi) is 5.28. The number of halogens is 1. The van der Waals surface area contributed by atoms with Crippen molar-refractivity contribution in [3.8, 4) is 0 Å². The maximum atomic E-state index is 12.0. The van der Waals surface area contributed by atoms with Crippen LogP contribution in [0.5, 0.6) is 0 Å². The molecule has 5 nitrogen and oxygen atoms in total. The third-order valence-electron chi connectivity index (χ3n) is 3.11. The first-order chi connectivity index (χ1) is 10.8. The summed E-state index contributed by atoms with van der Waals surface area (Å²) in [6.45, 7) is 1.95. The van der Waals surface area contributed by atoms with E-state index in [9.17, 15) is 13.2 Å². The van der Waals surface area contributed by atoms with E-state index < -0.39 is 9.84 Å². The zero-order valence-corrected chi connectivity index (χ0v) is 14.3. The first-order valence-corrected chi connectivity index (χ1v) is 9.12. The molecular weight excluding hydrogens is 336 g/mol. The van der Waals surface area contributed by atoms with Crippen molar-refractivity contribution >= 4 is 38.7 Å². The van der Waals surface area contributed by atoms with E-state index in [2.05, 4.69) is 10.6 Å². The molecule has 2 N–H and O–H groups in total. The van der Waals surface area contributed by atoms with E-state index >= 15 is 0 Å². The van der Waals surface area contributed by atoms with Gasteiger partial charge in [-0.05, 0) is 42.8 Å². The summed E-state index contributed by atoms with van der Waals surface area (Å²) in [5, 5.41) is 6.13. The molecule has 7 heteroatoms. The lowest BCUT2D eigenvalue weighted by Crippen LogP contribution is -2.22. The third kappa shape index (κ3) is 4.97. The molecule has 0 unspecified atom stereocenters. The van der Waals surface area contributed by atoms with Gasteiger partial charge in [0, 0.05) is 11.9 Å². The molecular formula is C16H17ClN2O3S. The largest absolute Gasteiger partial charge is 0.375 e. The maximum Gasteiger partial charge on any atom is 0.243 e. The van der Waals surface area contributed by atoms with Gasteiger partial charge in [0.2, 0.25) is 5.91 Å². The van der Waals surface area contributed by atoms with Crippen molar-refractivity contribution in [2.24, 2.45) is 0 Å². The fourth-order valence-corrected chi connectivity index (χ4v) is 2.92. The molecule has 0 radical (unpaired) electrons. The Hall–Kier alpha value is -2.05. The molecule has 0 aliphatic carbocycles. The molecule has 0 fully saturated rings. The summed E-state index contributed by atoms with van der Waals surface area (Å²) in [7, 11) is -3.31. The van der Waals surface area contributed by atoms with Crippen LogP contribution in [-0.4, -0.2) is 27.1 Å². The van der Waals surface area contributed by atoms with Crippen LogP contribution in [0.2, 0.25) is 5.02 Å². The number of sulfone groups is 1. The van der Waals surface area contributed by atoms with E-state index in [0.717, 1.165) is 11.8 Å². The predicted molar refractivity (Wildman–Crippen MR) is 92.9 cm³/mol. The smallest absolute Gasteiger partial charge is 0.243 e. The van der Waals surface area contributed by atoms with Gasteiger partial charge in [0.05, 0.1) is 22.2 Å². The van der Waals surface area contributed by atoms with Gasteiger partial charge in [-0.2, -0.15) is 0 Å². The number of carbonyl (C=O) groups excluding carboxylic acids is 1. The Bertz CT molecular complexity index is 835. The SMILES string of the molecule is Cc1ccc(NCC(=O)Nc2cccc(S(C)(=O)=O)c2)c(Cl)c1. The summed E-state index contributed by atoms with van der Waals surface area (Å²) in [5.41, 5.74) is 2.12. The van der Waals surface area contributed by atoms with Gasteiger partial charge in [-0.25, -0.2) is 8.42 Å². The lowest BCUT2D eigenvalue weighted by molar-refractivity contribution is -0.114. The Labute approximate surface area is 140 Å². The molecule has 0 aliphatic heterocycles. The Morgan fingerprint density at radius 1 is 1.17 bits per heavy atom. The van der Waals surface area contributed by atoms with Crippen LogP contribution < -0.4 is 10.6 Å². The van der Waals surface area contributed by atoms with Crippen molar-refractivity contribution in [1.82, 2.24) is 0 Å². The highest BCUT2D eigenvalue weighted by molar-refractivity contribution is 7.90. The van der Waals surface area contributed by atoms with Crippen molar-refractivity contribution in [1.29, 1.82) is 0 Å². The second-order valence-corrected chi connectivity index (χ2v) is 7.61. The molecule has 1 amide bonds. The van der Waals surface area contributed by atoms with Crippen LogP contribution in [0.15, 0.2) is 47.4 Å². The van der Waals surface area contributed by atoms with Gasteiger partial charge >= 0.3 is 0 Å². The molecule has 2 rings (SSSR count). The monoisotopic (exact) mass is 352 g/mol. The maximum absolute atomic E-state index is 12.0. The van der Waals surface area contributed by atoms with Crippen LogP contribution in [0.3, 0.4) is 0 Å². The van der Waals surface area contributed by atoms with Gasteiger partial charge in [-0.1, -0.05) is 23.7 Å². The van der Waals surface area contributed by atoms with Crippen molar-refractivity contribution in [3.63, 3.8) is 0 Å². The number of hydrogen-bond acceptors (Lipinski definition) is 4. The van der Waals surface area contributed by atoms with Crippen LogP contribution in [0.1, 0.15) is 5.56 Å². The first kappa shape index (κ1) is 17.3. The van der Waals surface area contributed by atoms with Crippen molar-refractivity contribution < 1.29 is 13.2 Å². The van der Waals surface area contributed by atoms with E-state index in [-0.39, 0.29) is 17.3 Å². The van der Waals surface area contributed by atoms with Gasteiger partial charge in [0.15, 0.2) is 9.84 Å². The minimum atomic E-state index is -3.31. The Balaban J connectivity index is 2.00. The second kappa shape index (κ2) is 7.02. The summed E-state index contributed by atoms with van der Waals surface area (Å²) in [6, 6.07) is 11.6. The van der Waals surface area contributed by atoms with E-state index in [4.69, 9.17) is 11.6 Å². The summed E-state index contributed by atoms with van der Waals surface area (Å²) in [6.07, 6.45) is 1.12. The fraction of sp³-hybridized carbons (Fsp3) is 0.188. The number of hydrogen-bond donors (Lipinski definition) is 2. The highest BCUT2D eigenvalue weighted by atomic mass is 35.5. The van der Waals surface area contributed by atoms with Gasteiger partial charge in [0.25, 0.3) is 0 Å². The van der Waals surface area contributed by atoms with Crippen LogP contribution >= 0.6 is 11.6 Å². The molecule has 2 aromatic rings. The van der Waals surface area contributed by atoms with Gasteiger partial charge in [0.1, 0.15) is 0 Å². The van der Waals surface area contributed by atoms with Crippen molar-refractivity contribution in [3.05, 3.63) is 53.1 Å². The molecule has 0 bridgehead atoms. The zero-order chi connectivity index (χ0) is 17.0. The quantitative estimate of drug-likeness (QED) is 0.867. The van der Waals surface area contributed by atoms with Crippen LogP contribution in [0, 0.1) is 6.92 Å². The second-order valence-electron chi connectivity index (χ2n) is 5.19. The number of benzene rings is 2. The lowest BCUT2D eigenvalue weighted by Gasteiger charge is -2.10. The van der Waals surface area contributed by atoms with Crippen LogP contribution in [-0.2, 0) is 14.6 Å². The minimum absolute atomic E-state index is 0.0197. The number of rotatable bonds is 5. The summed E-state index contributed by atoms with van der Waals surface area (Å²) >= 11 is 6.08. The average Bonchev–Trinajstić information content (AvgIpc) is 2.45. The Morgan fingerprint density at radius 3 is 2.57 bits per heavy atom. The summed E-state index contributed by atoms with van der Waals surface area (Å²) in [5.74, 6) is -0.299. The van der Waals surface area contributed by atoms with Crippen LogP contribution in [0.4, 0.5) is 11.4 Å². The summed E-state index contributed by atoms with van der Waals surface area (Å²) in [4.78, 5) is 12.1. The highest BCUT2D eigenvalue weighted by Gasteiger charge is 2.09. The third-order valence-corrected chi connectivity index (χ3v) is 4.53. The molecule has 0 spiro atoms. The average molecular weight is 353 g/mol. The molecule has 0 saturated heterocycles. The number of amides is 1. The molecule has 23 heavy (non-hydrogen) atoms. The van der Waals surface area contributed by atoms with E-state index in [1.807, 2.05) is 13.0 Å². The zero-order valence-electron chi connectivity index (χ0n) is 12.8. The number of nitrogens with one attached hydrogen (secondary N) is 2. The molecule has 0 atom stereocenters. The minimum Gasteiger partial charge on any atom is -0.375 e. The van der Waals surface area contributed by atoms with Gasteiger partial charge in [-0.15, -0.1) is 0 Å². The standard InChI is InChI=1S/C16H17ClN2O3S/c1-11-6-7-15(14(17)8-11)18-10-16(20)19-12-4-3-5-13(9-12)23(2,21)22/h3-9,18H,10H2,1-2H3,(H,19,20). The normalized spacial score (nSPS) is 11.1. The van der Waals surface area contributed by atoms with Crippen molar-refractivity contribution in [2.75, 3.05) is 23.4 Å². The topological polar surface area (TPSA) is 75.3 Å². The molecule has 0 saturated carbocycles. The first-order valence-electron chi connectivity index (χ1n) is 6.86. The predicted octanol–water partition coefficient (Wildman–Crippen LogP) is 3.10. The van der Waals surface area contributed by atoms with Crippen LogP contribution in [0.25, 0.3) is 0 Å². The number of carbonyl (C=O) groups is 1. The fourth-order valence-electron chi connectivity index (χ4n) is 1.95. The van der Waals surface area contributed by atoms with Gasteiger partial charge < -0.3 is 10.6 Å². The molecule has 2 aromatic carbocycles. The Morgan fingerprint density at radius 2 is 1.91 bits per heavy atom. The van der Waals surface area contributed by atoms with E-state index in [1.54, 1.807) is 24.3 Å².